The van der Waals surface area contributed by atoms with E-state index in [1.807, 2.05) is 6.07 Å². The molecule has 1 aromatic carbocycles. The van der Waals surface area contributed by atoms with Crippen LogP contribution in [-0.4, -0.2) is 18.7 Å². The van der Waals surface area contributed by atoms with Crippen LogP contribution in [0.25, 0.3) is 0 Å². The second-order valence-electron chi connectivity index (χ2n) is 5.01. The van der Waals surface area contributed by atoms with Crippen LogP contribution in [0, 0.1) is 5.82 Å². The highest BCUT2D eigenvalue weighted by atomic mass is 19.1. The molecule has 0 aromatic heterocycles. The van der Waals surface area contributed by atoms with E-state index < -0.39 is 0 Å². The van der Waals surface area contributed by atoms with Gasteiger partial charge >= 0.3 is 0 Å². The summed E-state index contributed by atoms with van der Waals surface area (Å²) in [7, 11) is 0. The molecule has 1 saturated carbocycles. The Morgan fingerprint density at radius 2 is 2.28 bits per heavy atom. The molecule has 2 unspecified atom stereocenters. The number of benzene rings is 1. The molecule has 0 spiro atoms. The maximum Gasteiger partial charge on any atom is 0.126 e. The lowest BCUT2D eigenvalue weighted by Gasteiger charge is -2.30. The molecule has 1 fully saturated rings. The SMILES string of the molecule is CCCNC1CCCC(Oc2cccc(F)c2)C1. The van der Waals surface area contributed by atoms with Crippen LogP contribution in [-0.2, 0) is 0 Å². The third kappa shape index (κ3) is 3.98. The maximum atomic E-state index is 13.1. The number of halogens is 1. The van der Waals surface area contributed by atoms with Crippen molar-refractivity contribution in [1.29, 1.82) is 0 Å². The molecule has 0 bridgehead atoms. The van der Waals surface area contributed by atoms with Crippen molar-refractivity contribution >= 4 is 0 Å². The van der Waals surface area contributed by atoms with E-state index in [9.17, 15) is 4.39 Å². The number of hydrogen-bond donors (Lipinski definition) is 1. The van der Waals surface area contributed by atoms with Gasteiger partial charge in [-0.05, 0) is 50.8 Å². The van der Waals surface area contributed by atoms with Crippen molar-refractivity contribution in [2.75, 3.05) is 6.54 Å². The molecule has 1 N–H and O–H groups in total. The molecule has 2 atom stereocenters. The van der Waals surface area contributed by atoms with Gasteiger partial charge in [-0.3, -0.25) is 0 Å². The van der Waals surface area contributed by atoms with Crippen LogP contribution >= 0.6 is 0 Å². The van der Waals surface area contributed by atoms with E-state index in [-0.39, 0.29) is 11.9 Å². The van der Waals surface area contributed by atoms with E-state index >= 15 is 0 Å². The van der Waals surface area contributed by atoms with E-state index in [1.165, 1.54) is 25.0 Å². The van der Waals surface area contributed by atoms with Crippen LogP contribution in [0.4, 0.5) is 4.39 Å². The van der Waals surface area contributed by atoms with E-state index in [0.29, 0.717) is 11.8 Å². The highest BCUT2D eigenvalue weighted by Crippen LogP contribution is 2.24. The Labute approximate surface area is 109 Å². The van der Waals surface area contributed by atoms with Gasteiger partial charge in [0.05, 0.1) is 0 Å². The minimum absolute atomic E-state index is 0.218. The van der Waals surface area contributed by atoms with E-state index in [4.69, 9.17) is 4.74 Å². The van der Waals surface area contributed by atoms with Crippen LogP contribution < -0.4 is 10.1 Å². The fraction of sp³-hybridized carbons (Fsp3) is 0.600. The maximum absolute atomic E-state index is 13.1. The van der Waals surface area contributed by atoms with Crippen molar-refractivity contribution in [3.05, 3.63) is 30.1 Å². The molecule has 1 aliphatic carbocycles. The summed E-state index contributed by atoms with van der Waals surface area (Å²) in [6.07, 6.45) is 5.88. The zero-order chi connectivity index (χ0) is 12.8. The number of ether oxygens (including phenoxy) is 1. The van der Waals surface area contributed by atoms with Gasteiger partial charge in [0.15, 0.2) is 0 Å². The second kappa shape index (κ2) is 6.74. The highest BCUT2D eigenvalue weighted by Gasteiger charge is 2.22. The smallest absolute Gasteiger partial charge is 0.126 e. The molecular formula is C15H22FNO. The monoisotopic (exact) mass is 251 g/mol. The van der Waals surface area contributed by atoms with Gasteiger partial charge in [0.1, 0.15) is 17.7 Å². The molecular weight excluding hydrogens is 229 g/mol. The van der Waals surface area contributed by atoms with Crippen LogP contribution in [0.1, 0.15) is 39.0 Å². The molecule has 2 rings (SSSR count). The Morgan fingerprint density at radius 1 is 1.39 bits per heavy atom. The summed E-state index contributed by atoms with van der Waals surface area (Å²) in [6.45, 7) is 3.24. The van der Waals surface area contributed by atoms with Crippen molar-refractivity contribution in [2.45, 2.75) is 51.2 Å². The third-order valence-corrected chi connectivity index (χ3v) is 3.41. The van der Waals surface area contributed by atoms with Gasteiger partial charge in [0, 0.05) is 12.1 Å². The minimum atomic E-state index is -0.232. The average Bonchev–Trinajstić information content (AvgIpc) is 2.37. The normalized spacial score (nSPS) is 23.9. The third-order valence-electron chi connectivity index (χ3n) is 3.41. The molecule has 0 aliphatic heterocycles. The van der Waals surface area contributed by atoms with Crippen LogP contribution in [0.3, 0.4) is 0 Å². The van der Waals surface area contributed by atoms with Gasteiger partial charge in [-0.15, -0.1) is 0 Å². The Bertz CT molecular complexity index is 369. The summed E-state index contributed by atoms with van der Waals surface area (Å²) in [5, 5.41) is 3.54. The molecule has 100 valence electrons. The fourth-order valence-electron chi connectivity index (χ4n) is 2.52. The van der Waals surface area contributed by atoms with Crippen LogP contribution in [0.15, 0.2) is 24.3 Å². The Hall–Kier alpha value is -1.09. The lowest BCUT2D eigenvalue weighted by atomic mass is 9.92. The molecule has 2 nitrogen and oxygen atoms in total. The van der Waals surface area contributed by atoms with Crippen molar-refractivity contribution < 1.29 is 9.13 Å². The van der Waals surface area contributed by atoms with Crippen molar-refractivity contribution in [1.82, 2.24) is 5.32 Å². The first-order valence-corrected chi connectivity index (χ1v) is 6.93. The molecule has 0 radical (unpaired) electrons. The van der Waals surface area contributed by atoms with Gasteiger partial charge in [-0.25, -0.2) is 4.39 Å². The Morgan fingerprint density at radius 3 is 3.06 bits per heavy atom. The molecule has 0 saturated heterocycles. The van der Waals surface area contributed by atoms with Crippen molar-refractivity contribution in [3.8, 4) is 5.75 Å². The minimum Gasteiger partial charge on any atom is -0.490 e. The van der Waals surface area contributed by atoms with Crippen LogP contribution in [0.2, 0.25) is 0 Å². The zero-order valence-corrected chi connectivity index (χ0v) is 11.0. The molecule has 0 heterocycles. The predicted molar refractivity (Wildman–Crippen MR) is 71.4 cm³/mol. The van der Waals surface area contributed by atoms with Gasteiger partial charge in [0.25, 0.3) is 0 Å². The molecule has 0 amide bonds. The molecule has 18 heavy (non-hydrogen) atoms. The lowest BCUT2D eigenvalue weighted by Crippen LogP contribution is -2.38. The number of rotatable bonds is 5. The largest absolute Gasteiger partial charge is 0.490 e. The second-order valence-corrected chi connectivity index (χ2v) is 5.01. The topological polar surface area (TPSA) is 21.3 Å². The summed E-state index contributed by atoms with van der Waals surface area (Å²) in [4.78, 5) is 0. The summed E-state index contributed by atoms with van der Waals surface area (Å²) in [6, 6.07) is 6.98. The highest BCUT2D eigenvalue weighted by molar-refractivity contribution is 5.22. The molecule has 1 aromatic rings. The van der Waals surface area contributed by atoms with E-state index in [0.717, 1.165) is 25.8 Å². The van der Waals surface area contributed by atoms with Crippen molar-refractivity contribution in [2.24, 2.45) is 0 Å². The predicted octanol–water partition coefficient (Wildman–Crippen LogP) is 3.52. The van der Waals surface area contributed by atoms with E-state index in [1.54, 1.807) is 6.07 Å². The summed E-state index contributed by atoms with van der Waals surface area (Å²) in [5.41, 5.74) is 0. The molecule has 3 heteroatoms. The Balaban J connectivity index is 1.85. The average molecular weight is 251 g/mol. The first-order valence-electron chi connectivity index (χ1n) is 6.93. The van der Waals surface area contributed by atoms with Crippen LogP contribution in [0.5, 0.6) is 5.75 Å². The molecule has 1 aliphatic rings. The zero-order valence-electron chi connectivity index (χ0n) is 11.0. The van der Waals surface area contributed by atoms with Gasteiger partial charge in [0.2, 0.25) is 0 Å². The van der Waals surface area contributed by atoms with Gasteiger partial charge in [-0.2, -0.15) is 0 Å². The van der Waals surface area contributed by atoms with Crippen molar-refractivity contribution in [3.63, 3.8) is 0 Å². The Kier molecular flexibility index (Phi) is 5.00. The fourth-order valence-corrected chi connectivity index (χ4v) is 2.52. The van der Waals surface area contributed by atoms with Gasteiger partial charge in [-0.1, -0.05) is 13.0 Å². The summed E-state index contributed by atoms with van der Waals surface area (Å²) in [5.74, 6) is 0.417. The first kappa shape index (κ1) is 13.3. The van der Waals surface area contributed by atoms with Gasteiger partial charge < -0.3 is 10.1 Å². The van der Waals surface area contributed by atoms with E-state index in [2.05, 4.69) is 12.2 Å². The first-order chi connectivity index (χ1) is 8.78. The summed E-state index contributed by atoms with van der Waals surface area (Å²) < 4.78 is 18.9. The summed E-state index contributed by atoms with van der Waals surface area (Å²) >= 11 is 0. The quantitative estimate of drug-likeness (QED) is 0.864. The standard InChI is InChI=1S/C15H22FNO/c1-2-9-17-13-6-4-8-15(11-13)18-14-7-3-5-12(16)10-14/h3,5,7,10,13,15,17H,2,4,6,8-9,11H2,1H3. The lowest BCUT2D eigenvalue weighted by molar-refractivity contribution is 0.134. The number of hydrogen-bond acceptors (Lipinski definition) is 2. The number of nitrogens with one attached hydrogen (secondary N) is 1.